The van der Waals surface area contributed by atoms with Crippen molar-refractivity contribution in [3.8, 4) is 56.7 Å². The molecule has 6 heteroatoms. The van der Waals surface area contributed by atoms with E-state index >= 15 is 0 Å². The van der Waals surface area contributed by atoms with E-state index in [1.54, 1.807) is 0 Å². The number of benzene rings is 11. The molecule has 0 aliphatic heterocycles. The molecule has 75 heavy (non-hydrogen) atoms. The van der Waals surface area contributed by atoms with Gasteiger partial charge in [-0.3, -0.25) is 4.57 Å². The number of nitrogens with zero attached hydrogens (tertiary/aromatic N) is 5. The van der Waals surface area contributed by atoms with Gasteiger partial charge in [-0.2, -0.15) is 9.97 Å². The Morgan fingerprint density at radius 2 is 0.627 bits per heavy atom. The van der Waals surface area contributed by atoms with Gasteiger partial charge in [0.2, 0.25) is 5.95 Å². The second-order valence-corrected chi connectivity index (χ2v) is 23.0. The van der Waals surface area contributed by atoms with E-state index in [2.05, 4.69) is 294 Å². The smallest absolute Gasteiger partial charge is 0.238 e. The van der Waals surface area contributed by atoms with Gasteiger partial charge in [-0.25, -0.2) is 4.98 Å². The highest BCUT2D eigenvalue weighted by molar-refractivity contribution is 7.20. The largest absolute Gasteiger partial charge is 0.309 e. The summed E-state index contributed by atoms with van der Waals surface area (Å²) in [5, 5.41) is 9.77. The van der Waals surface area contributed by atoms with E-state index < -0.39 is 8.07 Å². The minimum Gasteiger partial charge on any atom is -0.309 e. The first-order valence-electron chi connectivity index (χ1n) is 25.5. The Labute approximate surface area is 436 Å². The van der Waals surface area contributed by atoms with E-state index in [0.717, 1.165) is 55.2 Å². The highest BCUT2D eigenvalue weighted by atomic mass is 28.3. The maximum Gasteiger partial charge on any atom is 0.238 e. The van der Waals surface area contributed by atoms with Gasteiger partial charge in [0.15, 0.2) is 19.7 Å². The molecule has 0 unspecified atom stereocenters. The van der Waals surface area contributed by atoms with Crippen LogP contribution >= 0.6 is 0 Å². The van der Waals surface area contributed by atoms with Gasteiger partial charge in [0, 0.05) is 38.4 Å². The van der Waals surface area contributed by atoms with Crippen molar-refractivity contribution in [1.29, 1.82) is 0 Å². The van der Waals surface area contributed by atoms with Gasteiger partial charge < -0.3 is 4.57 Å². The Balaban J connectivity index is 1.02. The van der Waals surface area contributed by atoms with Crippen LogP contribution in [0.1, 0.15) is 0 Å². The first-order valence-corrected chi connectivity index (χ1v) is 27.5. The quantitative estimate of drug-likeness (QED) is 0.101. The van der Waals surface area contributed by atoms with Crippen LogP contribution in [0.15, 0.2) is 285 Å². The van der Waals surface area contributed by atoms with Gasteiger partial charge in [0.05, 0.1) is 22.1 Å². The van der Waals surface area contributed by atoms with Crippen LogP contribution in [-0.4, -0.2) is 32.2 Å². The highest BCUT2D eigenvalue weighted by Crippen LogP contribution is 2.37. The van der Waals surface area contributed by atoms with Crippen molar-refractivity contribution in [1.82, 2.24) is 24.1 Å². The molecule has 3 heterocycles. The molecule has 0 atom stereocenters. The zero-order valence-corrected chi connectivity index (χ0v) is 41.9. The lowest BCUT2D eigenvalue weighted by Crippen LogP contribution is -2.74. The monoisotopic (exact) mass is 973 g/mol. The predicted octanol–water partition coefficient (Wildman–Crippen LogP) is 14.1. The molecule has 0 amide bonds. The highest BCUT2D eigenvalue weighted by Gasteiger charge is 2.42. The molecule has 0 saturated carbocycles. The number of rotatable bonds is 10. The molecule has 11 aromatic carbocycles. The van der Waals surface area contributed by atoms with Gasteiger partial charge >= 0.3 is 0 Å². The van der Waals surface area contributed by atoms with Crippen LogP contribution in [0.5, 0.6) is 0 Å². The van der Waals surface area contributed by atoms with Crippen LogP contribution in [-0.2, 0) is 0 Å². The van der Waals surface area contributed by atoms with Crippen LogP contribution < -0.4 is 20.7 Å². The van der Waals surface area contributed by atoms with Crippen molar-refractivity contribution in [2.75, 3.05) is 0 Å². The van der Waals surface area contributed by atoms with Crippen molar-refractivity contribution in [3.63, 3.8) is 0 Å². The summed E-state index contributed by atoms with van der Waals surface area (Å²) < 4.78 is 4.57. The summed E-state index contributed by atoms with van der Waals surface area (Å²) in [6.45, 7) is 0. The molecular formula is C69H47N5Si. The van der Waals surface area contributed by atoms with Crippen LogP contribution in [0, 0.1) is 0 Å². The fourth-order valence-corrected chi connectivity index (χ4v) is 16.4. The third-order valence-corrected chi connectivity index (χ3v) is 19.7. The SMILES string of the molecule is c1ccc(-c2cccc([Si](c3ccccc3)(c3ccccc3)c3cccc(-c4nc(-c5cccc(-n6c7ccccc7c7ccccc76)c5)nc(-n5c6ccccc6c6cc(-c7ccccc7)ccc65)n4)c3)c2)cc1. The topological polar surface area (TPSA) is 48.5 Å². The number of aromatic nitrogens is 5. The zero-order valence-electron chi connectivity index (χ0n) is 40.9. The Kier molecular flexibility index (Phi) is 10.8. The van der Waals surface area contributed by atoms with E-state index in [0.29, 0.717) is 17.6 Å². The lowest BCUT2D eigenvalue weighted by molar-refractivity contribution is 0.953. The van der Waals surface area contributed by atoms with Crippen molar-refractivity contribution >= 4 is 72.4 Å². The normalized spacial score (nSPS) is 11.7. The summed E-state index contributed by atoms with van der Waals surface area (Å²) in [6.07, 6.45) is 0. The summed E-state index contributed by atoms with van der Waals surface area (Å²) in [5.41, 5.74) is 11.8. The van der Waals surface area contributed by atoms with Crippen LogP contribution in [0.3, 0.4) is 0 Å². The van der Waals surface area contributed by atoms with Crippen LogP contribution in [0.2, 0.25) is 0 Å². The minimum absolute atomic E-state index is 0.548. The van der Waals surface area contributed by atoms with Crippen molar-refractivity contribution in [2.45, 2.75) is 0 Å². The van der Waals surface area contributed by atoms with E-state index in [4.69, 9.17) is 15.0 Å². The van der Waals surface area contributed by atoms with Crippen molar-refractivity contribution in [2.24, 2.45) is 0 Å². The van der Waals surface area contributed by atoms with E-state index in [1.165, 1.54) is 48.2 Å². The molecular weight excluding hydrogens is 927 g/mol. The number of para-hydroxylation sites is 3. The van der Waals surface area contributed by atoms with E-state index in [-0.39, 0.29) is 0 Å². The second kappa shape index (κ2) is 18.4. The summed E-state index contributed by atoms with van der Waals surface area (Å²) >= 11 is 0. The fourth-order valence-electron chi connectivity index (χ4n) is 11.5. The van der Waals surface area contributed by atoms with E-state index in [1.807, 2.05) is 0 Å². The molecule has 0 saturated heterocycles. The zero-order chi connectivity index (χ0) is 49.7. The Bertz CT molecular complexity index is 4320. The maximum atomic E-state index is 5.55. The Morgan fingerprint density at radius 3 is 1.19 bits per heavy atom. The van der Waals surface area contributed by atoms with Crippen molar-refractivity contribution in [3.05, 3.63) is 285 Å². The molecule has 0 N–H and O–H groups in total. The van der Waals surface area contributed by atoms with Gasteiger partial charge in [0.1, 0.15) is 0 Å². The van der Waals surface area contributed by atoms with Gasteiger partial charge in [0.25, 0.3) is 0 Å². The molecule has 14 rings (SSSR count). The molecule has 0 spiro atoms. The molecule has 0 aliphatic carbocycles. The fraction of sp³-hybridized carbons (Fsp3) is 0. The van der Waals surface area contributed by atoms with Crippen LogP contribution in [0.25, 0.3) is 100 Å². The predicted molar refractivity (Wildman–Crippen MR) is 314 cm³/mol. The Hall–Kier alpha value is -9.75. The number of fused-ring (bicyclic) bond motifs is 6. The third kappa shape index (κ3) is 7.49. The maximum absolute atomic E-state index is 5.55. The summed E-state index contributed by atoms with van der Waals surface area (Å²) in [4.78, 5) is 16.6. The number of hydrogen-bond acceptors (Lipinski definition) is 3. The minimum atomic E-state index is -3.04. The average molecular weight is 974 g/mol. The summed E-state index contributed by atoms with van der Waals surface area (Å²) in [6, 6.07) is 103. The van der Waals surface area contributed by atoms with E-state index in [9.17, 15) is 0 Å². The van der Waals surface area contributed by atoms with Crippen molar-refractivity contribution < 1.29 is 0 Å². The van der Waals surface area contributed by atoms with Gasteiger partial charge in [-0.1, -0.05) is 243 Å². The second-order valence-electron chi connectivity index (χ2n) is 19.2. The lowest BCUT2D eigenvalue weighted by atomic mass is 10.0. The third-order valence-electron chi connectivity index (χ3n) is 14.9. The average Bonchev–Trinajstić information content (AvgIpc) is 4.05. The molecule has 0 aliphatic rings. The summed E-state index contributed by atoms with van der Waals surface area (Å²) in [5.74, 6) is 1.72. The molecule has 0 radical (unpaired) electrons. The summed E-state index contributed by atoms with van der Waals surface area (Å²) in [7, 11) is -3.04. The first kappa shape index (κ1) is 44.0. The van der Waals surface area contributed by atoms with Crippen LogP contribution in [0.4, 0.5) is 0 Å². The van der Waals surface area contributed by atoms with Gasteiger partial charge in [-0.15, -0.1) is 0 Å². The molecule has 3 aromatic heterocycles. The molecule has 5 nitrogen and oxygen atoms in total. The molecule has 352 valence electrons. The first-order chi connectivity index (χ1) is 37.2. The molecule has 0 bridgehead atoms. The van der Waals surface area contributed by atoms with Gasteiger partial charge in [-0.05, 0) is 85.5 Å². The Morgan fingerprint density at radius 1 is 0.240 bits per heavy atom. The molecule has 14 aromatic rings. The number of hydrogen-bond donors (Lipinski definition) is 0. The standard InChI is InChI=1S/C69H47N5Si/c1-5-22-48(23-6-1)50-26-20-34-57(45-50)75(55-30-9-3-10-31-55,56-32-11-4-12-33-56)58-35-21-28-53(46-58)68-70-67(52-27-19-29-54(44-52)73-63-39-16-13-36-59(63)60-37-14-17-40-64(60)73)71-69(72-68)74-65-41-18-15-38-61(65)62-47-51(42-43-66(62)74)49-24-7-2-8-25-49/h1-47H. The molecule has 0 fully saturated rings. The lowest BCUT2D eigenvalue weighted by Gasteiger charge is -2.35.